The lowest BCUT2D eigenvalue weighted by Gasteiger charge is -2.17. The molecule has 7 heteroatoms. The lowest BCUT2D eigenvalue weighted by molar-refractivity contribution is -0.127. The van der Waals surface area contributed by atoms with Crippen LogP contribution in [-0.4, -0.2) is 32.6 Å². The fourth-order valence-corrected chi connectivity index (χ4v) is 1.73. The second-order valence-corrected chi connectivity index (χ2v) is 4.91. The van der Waals surface area contributed by atoms with E-state index in [9.17, 15) is 9.59 Å². The van der Waals surface area contributed by atoms with Crippen LogP contribution in [0.4, 0.5) is 0 Å². The quantitative estimate of drug-likeness (QED) is 0.695. The second-order valence-electron chi connectivity index (χ2n) is 4.91. The highest BCUT2D eigenvalue weighted by molar-refractivity contribution is 5.86. The number of aromatic nitrogens is 3. The minimum atomic E-state index is -0.584. The fraction of sp³-hybridized carbons (Fsp3) is 0.667. The van der Waals surface area contributed by atoms with Gasteiger partial charge in [-0.2, -0.15) is 5.10 Å². The number of carbonyl (C=O) groups is 2. The molecule has 0 radical (unpaired) electrons. The van der Waals surface area contributed by atoms with Gasteiger partial charge in [0.25, 0.3) is 0 Å². The number of rotatable bonds is 8. The van der Waals surface area contributed by atoms with Crippen LogP contribution in [0.1, 0.15) is 33.1 Å². The lowest BCUT2D eigenvalue weighted by Crippen LogP contribution is -2.45. The van der Waals surface area contributed by atoms with E-state index >= 15 is 0 Å². The Balaban J connectivity index is 2.30. The Hall–Kier alpha value is -1.92. The summed E-state index contributed by atoms with van der Waals surface area (Å²) in [6.45, 7) is 4.58. The summed E-state index contributed by atoms with van der Waals surface area (Å²) in [5.41, 5.74) is 5.26. The van der Waals surface area contributed by atoms with Gasteiger partial charge in [-0.05, 0) is 18.8 Å². The van der Waals surface area contributed by atoms with Crippen LogP contribution in [0.3, 0.4) is 0 Å². The zero-order valence-corrected chi connectivity index (χ0v) is 11.4. The Labute approximate surface area is 112 Å². The van der Waals surface area contributed by atoms with Crippen LogP contribution >= 0.6 is 0 Å². The molecule has 1 aromatic rings. The molecule has 1 atom stereocenters. The van der Waals surface area contributed by atoms with Crippen LogP contribution < -0.4 is 11.1 Å². The van der Waals surface area contributed by atoms with Crippen molar-refractivity contribution in [2.75, 3.05) is 0 Å². The Morgan fingerprint density at radius 1 is 1.42 bits per heavy atom. The molecule has 1 heterocycles. The Kier molecular flexibility index (Phi) is 5.98. The first-order chi connectivity index (χ1) is 8.99. The maximum absolute atomic E-state index is 11.7. The number of hydrogen-bond acceptors (Lipinski definition) is 4. The SMILES string of the molecule is CC(C)C[C@H](NC(=O)CCCn1cncn1)C(N)=O. The summed E-state index contributed by atoms with van der Waals surface area (Å²) in [6.07, 6.45) is 4.59. The van der Waals surface area contributed by atoms with E-state index in [1.165, 1.54) is 6.33 Å². The molecule has 0 aromatic carbocycles. The molecule has 7 nitrogen and oxygen atoms in total. The van der Waals surface area contributed by atoms with Crippen molar-refractivity contribution < 1.29 is 9.59 Å². The van der Waals surface area contributed by atoms with Gasteiger partial charge in [0.1, 0.15) is 18.7 Å². The minimum Gasteiger partial charge on any atom is -0.368 e. The molecule has 0 saturated carbocycles. The van der Waals surface area contributed by atoms with Gasteiger partial charge < -0.3 is 11.1 Å². The third-order valence-electron chi connectivity index (χ3n) is 2.64. The highest BCUT2D eigenvalue weighted by Gasteiger charge is 2.18. The van der Waals surface area contributed by atoms with E-state index in [2.05, 4.69) is 15.4 Å². The molecule has 0 spiro atoms. The van der Waals surface area contributed by atoms with Crippen LogP contribution in [0.5, 0.6) is 0 Å². The van der Waals surface area contributed by atoms with Gasteiger partial charge in [-0.15, -0.1) is 0 Å². The number of amides is 2. The number of nitrogens with one attached hydrogen (secondary N) is 1. The van der Waals surface area contributed by atoms with Gasteiger partial charge in [-0.3, -0.25) is 14.3 Å². The molecule has 106 valence electrons. The molecule has 0 fully saturated rings. The van der Waals surface area contributed by atoms with Crippen LogP contribution in [0.15, 0.2) is 12.7 Å². The van der Waals surface area contributed by atoms with Gasteiger partial charge in [0.05, 0.1) is 0 Å². The maximum Gasteiger partial charge on any atom is 0.240 e. The number of aryl methyl sites for hydroxylation is 1. The summed E-state index contributed by atoms with van der Waals surface area (Å²) in [5.74, 6) is -0.351. The number of primary amides is 1. The first-order valence-electron chi connectivity index (χ1n) is 6.40. The summed E-state index contributed by atoms with van der Waals surface area (Å²) in [7, 11) is 0. The maximum atomic E-state index is 11.7. The van der Waals surface area contributed by atoms with E-state index in [0.717, 1.165) is 0 Å². The summed E-state index contributed by atoms with van der Waals surface area (Å²) < 4.78 is 1.66. The van der Waals surface area contributed by atoms with Gasteiger partial charge >= 0.3 is 0 Å². The number of hydrogen-bond donors (Lipinski definition) is 2. The third-order valence-corrected chi connectivity index (χ3v) is 2.64. The van der Waals surface area contributed by atoms with Gasteiger partial charge in [0.2, 0.25) is 11.8 Å². The number of nitrogens with zero attached hydrogens (tertiary/aromatic N) is 3. The standard InChI is InChI=1S/C12H21N5O2/c1-9(2)6-10(12(13)19)16-11(18)4-3-5-17-8-14-7-15-17/h7-10H,3-6H2,1-2H3,(H2,13,19)(H,16,18)/t10-/m0/s1. The number of carbonyl (C=O) groups excluding carboxylic acids is 2. The van der Waals surface area contributed by atoms with E-state index in [4.69, 9.17) is 5.73 Å². The van der Waals surface area contributed by atoms with Crippen LogP contribution in [-0.2, 0) is 16.1 Å². The van der Waals surface area contributed by atoms with Crippen molar-refractivity contribution in [3.8, 4) is 0 Å². The van der Waals surface area contributed by atoms with Crippen molar-refractivity contribution in [2.45, 2.75) is 45.7 Å². The minimum absolute atomic E-state index is 0.162. The Bertz CT molecular complexity index is 402. The predicted molar refractivity (Wildman–Crippen MR) is 69.8 cm³/mol. The molecule has 0 saturated heterocycles. The summed E-state index contributed by atoms with van der Waals surface area (Å²) in [5, 5.41) is 6.61. The van der Waals surface area contributed by atoms with Gasteiger partial charge in [0, 0.05) is 13.0 Å². The second kappa shape index (κ2) is 7.50. The average Bonchev–Trinajstić information content (AvgIpc) is 2.80. The predicted octanol–water partition coefficient (Wildman–Crippen LogP) is 0.0745. The lowest BCUT2D eigenvalue weighted by atomic mass is 10.0. The Morgan fingerprint density at radius 3 is 2.68 bits per heavy atom. The van der Waals surface area contributed by atoms with Gasteiger partial charge in [-0.1, -0.05) is 13.8 Å². The first-order valence-corrected chi connectivity index (χ1v) is 6.40. The Morgan fingerprint density at radius 2 is 2.16 bits per heavy atom. The van der Waals surface area contributed by atoms with Crippen LogP contribution in [0.2, 0.25) is 0 Å². The summed E-state index contributed by atoms with van der Waals surface area (Å²) in [6, 6.07) is -0.584. The topological polar surface area (TPSA) is 103 Å². The van der Waals surface area contributed by atoms with Crippen molar-refractivity contribution in [3.63, 3.8) is 0 Å². The summed E-state index contributed by atoms with van der Waals surface area (Å²) in [4.78, 5) is 26.7. The van der Waals surface area contributed by atoms with Crippen molar-refractivity contribution >= 4 is 11.8 Å². The van der Waals surface area contributed by atoms with E-state index in [0.29, 0.717) is 31.7 Å². The molecule has 0 aliphatic carbocycles. The monoisotopic (exact) mass is 267 g/mol. The molecule has 1 rings (SSSR count). The first kappa shape index (κ1) is 15.1. The van der Waals surface area contributed by atoms with Crippen molar-refractivity contribution in [1.29, 1.82) is 0 Å². The molecular formula is C12H21N5O2. The molecule has 19 heavy (non-hydrogen) atoms. The van der Waals surface area contributed by atoms with E-state index in [-0.39, 0.29) is 5.91 Å². The molecule has 0 bridgehead atoms. The number of nitrogens with two attached hydrogens (primary N) is 1. The normalized spacial score (nSPS) is 12.4. The largest absolute Gasteiger partial charge is 0.368 e. The van der Waals surface area contributed by atoms with Crippen LogP contribution in [0, 0.1) is 5.92 Å². The smallest absolute Gasteiger partial charge is 0.240 e. The van der Waals surface area contributed by atoms with E-state index in [1.54, 1.807) is 11.0 Å². The highest BCUT2D eigenvalue weighted by Crippen LogP contribution is 2.05. The molecule has 0 aliphatic heterocycles. The van der Waals surface area contributed by atoms with Crippen molar-refractivity contribution in [1.82, 2.24) is 20.1 Å². The van der Waals surface area contributed by atoms with Gasteiger partial charge in [-0.25, -0.2) is 4.98 Å². The zero-order valence-electron chi connectivity index (χ0n) is 11.4. The third kappa shape index (κ3) is 5.98. The zero-order chi connectivity index (χ0) is 14.3. The fourth-order valence-electron chi connectivity index (χ4n) is 1.73. The molecule has 1 aromatic heterocycles. The summed E-state index contributed by atoms with van der Waals surface area (Å²) >= 11 is 0. The molecule has 0 aliphatic rings. The van der Waals surface area contributed by atoms with E-state index in [1.807, 2.05) is 13.8 Å². The molecule has 0 unspecified atom stereocenters. The molecule has 3 N–H and O–H groups in total. The van der Waals surface area contributed by atoms with Crippen molar-refractivity contribution in [2.24, 2.45) is 11.7 Å². The average molecular weight is 267 g/mol. The van der Waals surface area contributed by atoms with E-state index < -0.39 is 11.9 Å². The molecule has 2 amide bonds. The van der Waals surface area contributed by atoms with Crippen LogP contribution in [0.25, 0.3) is 0 Å². The van der Waals surface area contributed by atoms with Crippen molar-refractivity contribution in [3.05, 3.63) is 12.7 Å². The van der Waals surface area contributed by atoms with Gasteiger partial charge in [0.15, 0.2) is 0 Å². The highest BCUT2D eigenvalue weighted by atomic mass is 16.2. The molecular weight excluding hydrogens is 246 g/mol.